The number of rotatable bonds is 10. The lowest BCUT2D eigenvalue weighted by molar-refractivity contribution is -0.137. The second-order valence-electron chi connectivity index (χ2n) is 7.65. The first-order chi connectivity index (χ1) is 16.5. The molecule has 0 radical (unpaired) electrons. The maximum Gasteiger partial charge on any atom is 0.407 e. The molecule has 2 aromatic rings. The number of hydrogen-bond acceptors (Lipinski definition) is 8. The van der Waals surface area contributed by atoms with Gasteiger partial charge in [0, 0.05) is 19.6 Å². The molecule has 10 heteroatoms. The predicted molar refractivity (Wildman–Crippen MR) is 121 cm³/mol. The van der Waals surface area contributed by atoms with E-state index in [1.807, 2.05) is 30.3 Å². The summed E-state index contributed by atoms with van der Waals surface area (Å²) in [6.45, 7) is 1.77. The van der Waals surface area contributed by atoms with Crippen LogP contribution >= 0.6 is 0 Å². The van der Waals surface area contributed by atoms with Gasteiger partial charge < -0.3 is 39.4 Å². The molecule has 1 saturated heterocycles. The zero-order valence-corrected chi connectivity index (χ0v) is 19.0. The van der Waals surface area contributed by atoms with E-state index in [1.165, 1.54) is 13.2 Å². The number of hydrogen-bond donors (Lipinski definition) is 3. The Labute approximate surface area is 198 Å². The van der Waals surface area contributed by atoms with Crippen molar-refractivity contribution in [1.82, 2.24) is 10.2 Å². The number of methoxy groups -OCH3 is 1. The van der Waals surface area contributed by atoms with E-state index in [1.54, 1.807) is 17.0 Å². The SMILES string of the molecule is COc1cc(C(O)C(O)CNC(=O)OCc2ccccc2)ccc1OCC(=O)N1CCOCC1. The fourth-order valence-corrected chi connectivity index (χ4v) is 3.33. The van der Waals surface area contributed by atoms with Crippen LogP contribution in [0, 0.1) is 0 Å². The van der Waals surface area contributed by atoms with E-state index in [4.69, 9.17) is 18.9 Å². The Morgan fingerprint density at radius 2 is 1.82 bits per heavy atom. The second-order valence-corrected chi connectivity index (χ2v) is 7.65. The normalized spacial score (nSPS) is 15.2. The molecular formula is C24H30N2O8. The summed E-state index contributed by atoms with van der Waals surface area (Å²) in [5.41, 5.74) is 1.19. The summed E-state index contributed by atoms with van der Waals surface area (Å²) in [6, 6.07) is 13.8. The van der Waals surface area contributed by atoms with Crippen LogP contribution in [0.1, 0.15) is 17.2 Å². The number of nitrogens with one attached hydrogen (secondary N) is 1. The standard InChI is InChI=1S/C24H30N2O8/c1-31-21-13-18(7-8-20(21)33-16-22(28)26-9-11-32-12-10-26)23(29)19(27)14-25-24(30)34-15-17-5-3-2-4-6-17/h2-8,13,19,23,27,29H,9-12,14-16H2,1H3,(H,25,30). The predicted octanol–water partition coefficient (Wildman–Crippen LogP) is 1.25. The van der Waals surface area contributed by atoms with Crippen molar-refractivity contribution in [2.45, 2.75) is 18.8 Å². The number of benzene rings is 2. The van der Waals surface area contributed by atoms with Crippen LogP contribution in [-0.4, -0.2) is 79.8 Å². The molecular weight excluding hydrogens is 444 g/mol. The molecule has 184 valence electrons. The van der Waals surface area contributed by atoms with Crippen LogP contribution in [0.15, 0.2) is 48.5 Å². The summed E-state index contributed by atoms with van der Waals surface area (Å²) >= 11 is 0. The first kappa shape index (κ1) is 25.3. The Morgan fingerprint density at radius 3 is 2.53 bits per heavy atom. The molecule has 1 fully saturated rings. The Bertz CT molecular complexity index is 934. The van der Waals surface area contributed by atoms with Crippen molar-refractivity contribution in [2.75, 3.05) is 46.6 Å². The summed E-state index contributed by atoms with van der Waals surface area (Å²) < 4.78 is 21.2. The van der Waals surface area contributed by atoms with Crippen LogP contribution in [0.25, 0.3) is 0 Å². The molecule has 2 aromatic carbocycles. The Morgan fingerprint density at radius 1 is 1.09 bits per heavy atom. The van der Waals surface area contributed by atoms with Crippen molar-refractivity contribution in [3.05, 3.63) is 59.7 Å². The summed E-state index contributed by atoms with van der Waals surface area (Å²) in [7, 11) is 1.43. The first-order valence-electron chi connectivity index (χ1n) is 10.9. The average Bonchev–Trinajstić information content (AvgIpc) is 2.89. The fraction of sp³-hybridized carbons (Fsp3) is 0.417. The molecule has 0 aromatic heterocycles. The lowest BCUT2D eigenvalue weighted by Gasteiger charge is -2.26. The highest BCUT2D eigenvalue weighted by Gasteiger charge is 2.22. The van der Waals surface area contributed by atoms with Gasteiger partial charge in [-0.15, -0.1) is 0 Å². The van der Waals surface area contributed by atoms with Crippen LogP contribution in [-0.2, 0) is 20.9 Å². The molecule has 0 saturated carbocycles. The summed E-state index contributed by atoms with van der Waals surface area (Å²) in [5, 5.41) is 23.2. The van der Waals surface area contributed by atoms with E-state index < -0.39 is 18.3 Å². The zero-order chi connectivity index (χ0) is 24.3. The molecule has 3 rings (SSSR count). The molecule has 2 atom stereocenters. The second kappa shape index (κ2) is 12.8. The van der Waals surface area contributed by atoms with Gasteiger partial charge in [0.15, 0.2) is 18.1 Å². The summed E-state index contributed by atoms with van der Waals surface area (Å²) in [5.74, 6) is 0.473. The molecule has 1 aliphatic heterocycles. The molecule has 0 spiro atoms. The van der Waals surface area contributed by atoms with Gasteiger partial charge in [-0.25, -0.2) is 4.79 Å². The highest BCUT2D eigenvalue weighted by atomic mass is 16.5. The van der Waals surface area contributed by atoms with E-state index in [2.05, 4.69) is 5.32 Å². The molecule has 1 aliphatic rings. The van der Waals surface area contributed by atoms with Crippen molar-refractivity contribution in [1.29, 1.82) is 0 Å². The topological polar surface area (TPSA) is 127 Å². The van der Waals surface area contributed by atoms with Crippen molar-refractivity contribution >= 4 is 12.0 Å². The molecule has 10 nitrogen and oxygen atoms in total. The van der Waals surface area contributed by atoms with Crippen LogP contribution in [0.4, 0.5) is 4.79 Å². The average molecular weight is 475 g/mol. The smallest absolute Gasteiger partial charge is 0.407 e. The van der Waals surface area contributed by atoms with Gasteiger partial charge in [0.05, 0.1) is 20.3 Å². The largest absolute Gasteiger partial charge is 0.493 e. The van der Waals surface area contributed by atoms with Crippen LogP contribution < -0.4 is 14.8 Å². The number of morpholine rings is 1. The number of amides is 2. The van der Waals surface area contributed by atoms with Gasteiger partial charge in [-0.1, -0.05) is 36.4 Å². The van der Waals surface area contributed by atoms with Gasteiger partial charge in [-0.3, -0.25) is 4.79 Å². The van der Waals surface area contributed by atoms with E-state index in [9.17, 15) is 19.8 Å². The van der Waals surface area contributed by atoms with Crippen molar-refractivity contribution < 1.29 is 38.7 Å². The highest BCUT2D eigenvalue weighted by Crippen LogP contribution is 2.31. The van der Waals surface area contributed by atoms with Gasteiger partial charge >= 0.3 is 6.09 Å². The molecule has 0 aliphatic carbocycles. The van der Waals surface area contributed by atoms with Crippen molar-refractivity contribution in [3.8, 4) is 11.5 Å². The fourth-order valence-electron chi connectivity index (χ4n) is 3.33. The Balaban J connectivity index is 1.48. The quantitative estimate of drug-likeness (QED) is 0.470. The minimum Gasteiger partial charge on any atom is -0.493 e. The Kier molecular flexibility index (Phi) is 9.51. The summed E-state index contributed by atoms with van der Waals surface area (Å²) in [6.07, 6.45) is -3.29. The molecule has 2 unspecified atom stereocenters. The minimum atomic E-state index is -1.30. The van der Waals surface area contributed by atoms with Gasteiger partial charge in [-0.2, -0.15) is 0 Å². The Hall–Kier alpha value is -3.34. The number of ether oxygens (including phenoxy) is 4. The van der Waals surface area contributed by atoms with Gasteiger partial charge in [0.25, 0.3) is 5.91 Å². The molecule has 1 heterocycles. The summed E-state index contributed by atoms with van der Waals surface area (Å²) in [4.78, 5) is 25.8. The molecule has 34 heavy (non-hydrogen) atoms. The lowest BCUT2D eigenvalue weighted by Crippen LogP contribution is -2.43. The third kappa shape index (κ3) is 7.34. The van der Waals surface area contributed by atoms with Crippen molar-refractivity contribution in [3.63, 3.8) is 0 Å². The number of aliphatic hydroxyl groups is 2. The molecule has 0 bridgehead atoms. The first-order valence-corrected chi connectivity index (χ1v) is 10.9. The number of aliphatic hydroxyl groups excluding tert-OH is 2. The van der Waals surface area contributed by atoms with Crippen molar-refractivity contribution in [2.24, 2.45) is 0 Å². The lowest BCUT2D eigenvalue weighted by atomic mass is 10.0. The molecule has 3 N–H and O–H groups in total. The number of carbonyl (C=O) groups excluding carboxylic acids is 2. The van der Waals surface area contributed by atoms with Gasteiger partial charge in [-0.05, 0) is 23.3 Å². The van der Waals surface area contributed by atoms with Gasteiger partial charge in [0.2, 0.25) is 0 Å². The van der Waals surface area contributed by atoms with E-state index in [0.29, 0.717) is 43.4 Å². The minimum absolute atomic E-state index is 0.0953. The maximum atomic E-state index is 12.3. The highest BCUT2D eigenvalue weighted by molar-refractivity contribution is 5.78. The van der Waals surface area contributed by atoms with E-state index in [0.717, 1.165) is 5.56 Å². The van der Waals surface area contributed by atoms with Crippen LogP contribution in [0.2, 0.25) is 0 Å². The zero-order valence-electron chi connectivity index (χ0n) is 19.0. The van der Waals surface area contributed by atoms with E-state index >= 15 is 0 Å². The third-order valence-corrected chi connectivity index (χ3v) is 5.28. The number of alkyl carbamates (subject to hydrolysis) is 1. The molecule has 2 amide bonds. The van der Waals surface area contributed by atoms with Gasteiger partial charge in [0.1, 0.15) is 18.8 Å². The maximum absolute atomic E-state index is 12.3. The number of nitrogens with zero attached hydrogens (tertiary/aromatic N) is 1. The third-order valence-electron chi connectivity index (χ3n) is 5.28. The van der Waals surface area contributed by atoms with E-state index in [-0.39, 0.29) is 25.7 Å². The van der Waals surface area contributed by atoms with Crippen LogP contribution in [0.5, 0.6) is 11.5 Å². The van der Waals surface area contributed by atoms with Crippen LogP contribution in [0.3, 0.4) is 0 Å². The number of carbonyl (C=O) groups is 2. The monoisotopic (exact) mass is 474 g/mol.